The molecule has 0 saturated carbocycles. The zero-order valence-electron chi connectivity index (χ0n) is 13.3. The summed E-state index contributed by atoms with van der Waals surface area (Å²) in [6.45, 7) is 11.9. The molecule has 0 saturated heterocycles. The molecule has 0 bridgehead atoms. The highest BCUT2D eigenvalue weighted by atomic mass is 16.5. The number of rotatable bonds is 17. The van der Waals surface area contributed by atoms with Gasteiger partial charge in [-0.2, -0.15) is 0 Å². The van der Waals surface area contributed by atoms with Gasteiger partial charge in [0.1, 0.15) is 0 Å². The molecule has 0 rings (SSSR count). The molecular weight excluding hydrogens is 258 g/mol. The van der Waals surface area contributed by atoms with E-state index in [0.717, 1.165) is 52.4 Å². The van der Waals surface area contributed by atoms with Gasteiger partial charge >= 0.3 is 0 Å². The van der Waals surface area contributed by atoms with Gasteiger partial charge in [0.15, 0.2) is 0 Å². The first-order chi connectivity index (χ1) is 9.91. The highest BCUT2D eigenvalue weighted by Crippen LogP contribution is 1.88. The van der Waals surface area contributed by atoms with Crippen LogP contribution in [0, 0.1) is 0 Å². The lowest BCUT2D eigenvalue weighted by molar-refractivity contribution is 0.0146. The second-order valence-electron chi connectivity index (χ2n) is 4.49. The van der Waals surface area contributed by atoms with Crippen molar-refractivity contribution in [2.24, 2.45) is 0 Å². The molecule has 0 aromatic carbocycles. The van der Waals surface area contributed by atoms with Gasteiger partial charge in [0.25, 0.3) is 0 Å². The van der Waals surface area contributed by atoms with E-state index in [-0.39, 0.29) is 0 Å². The van der Waals surface area contributed by atoms with Gasteiger partial charge in [-0.05, 0) is 26.3 Å². The van der Waals surface area contributed by atoms with Gasteiger partial charge in [0, 0.05) is 26.4 Å². The van der Waals surface area contributed by atoms with Crippen molar-refractivity contribution >= 4 is 0 Å². The smallest absolute Gasteiger partial charge is 0.0701 e. The average Bonchev–Trinajstić information content (AvgIpc) is 2.47. The van der Waals surface area contributed by atoms with E-state index in [2.05, 4.69) is 12.2 Å². The van der Waals surface area contributed by atoms with Crippen LogP contribution in [-0.4, -0.2) is 65.9 Å². The molecule has 20 heavy (non-hydrogen) atoms. The molecule has 0 aliphatic rings. The van der Waals surface area contributed by atoms with Gasteiger partial charge in [-0.15, -0.1) is 0 Å². The Morgan fingerprint density at radius 3 is 1.85 bits per heavy atom. The van der Waals surface area contributed by atoms with Gasteiger partial charge in [-0.3, -0.25) is 0 Å². The van der Waals surface area contributed by atoms with Gasteiger partial charge in [0.05, 0.1) is 33.0 Å². The molecule has 0 unspecified atom stereocenters. The second kappa shape index (κ2) is 18.8. The van der Waals surface area contributed by atoms with Crippen molar-refractivity contribution in [1.82, 2.24) is 5.32 Å². The summed E-state index contributed by atoms with van der Waals surface area (Å²) in [7, 11) is 0. The normalized spacial score (nSPS) is 11.1. The minimum atomic E-state index is 0.640. The molecular formula is C15H33NO4. The number of nitrogens with one attached hydrogen (secondary N) is 1. The largest absolute Gasteiger partial charge is 0.382 e. The highest BCUT2D eigenvalue weighted by molar-refractivity contribution is 4.46. The quantitative estimate of drug-likeness (QED) is 0.415. The van der Waals surface area contributed by atoms with Crippen LogP contribution in [-0.2, 0) is 18.9 Å². The minimum absolute atomic E-state index is 0.640. The lowest BCUT2D eigenvalue weighted by atomic mass is 10.4. The average molecular weight is 291 g/mol. The molecule has 5 heteroatoms. The van der Waals surface area contributed by atoms with Crippen molar-refractivity contribution < 1.29 is 18.9 Å². The first-order valence-electron chi connectivity index (χ1n) is 7.93. The number of hydrogen-bond donors (Lipinski definition) is 1. The summed E-state index contributed by atoms with van der Waals surface area (Å²) in [4.78, 5) is 0. The summed E-state index contributed by atoms with van der Waals surface area (Å²) >= 11 is 0. The van der Waals surface area contributed by atoms with E-state index in [4.69, 9.17) is 18.9 Å². The molecule has 0 fully saturated rings. The van der Waals surface area contributed by atoms with Crippen LogP contribution in [0.2, 0.25) is 0 Å². The summed E-state index contributed by atoms with van der Waals surface area (Å²) in [5.41, 5.74) is 0. The third-order valence-corrected chi connectivity index (χ3v) is 2.66. The third-order valence-electron chi connectivity index (χ3n) is 2.66. The lowest BCUT2D eigenvalue weighted by Gasteiger charge is -2.07. The molecule has 0 spiro atoms. The van der Waals surface area contributed by atoms with Crippen molar-refractivity contribution in [2.45, 2.75) is 33.1 Å². The molecule has 0 aromatic rings. The second-order valence-corrected chi connectivity index (χ2v) is 4.49. The Kier molecular flexibility index (Phi) is 18.6. The predicted octanol–water partition coefficient (Wildman–Crippen LogP) is 1.85. The van der Waals surface area contributed by atoms with Crippen LogP contribution in [0.25, 0.3) is 0 Å². The van der Waals surface area contributed by atoms with Gasteiger partial charge in [0.2, 0.25) is 0 Å². The third kappa shape index (κ3) is 17.8. The van der Waals surface area contributed by atoms with Crippen molar-refractivity contribution in [2.75, 3.05) is 65.9 Å². The van der Waals surface area contributed by atoms with Crippen LogP contribution in [0.4, 0.5) is 0 Å². The zero-order chi connectivity index (χ0) is 14.7. The van der Waals surface area contributed by atoms with Crippen LogP contribution in [0.3, 0.4) is 0 Å². The zero-order valence-corrected chi connectivity index (χ0v) is 13.3. The maximum Gasteiger partial charge on any atom is 0.0701 e. The van der Waals surface area contributed by atoms with Crippen molar-refractivity contribution in [3.63, 3.8) is 0 Å². The van der Waals surface area contributed by atoms with Crippen LogP contribution in [0.15, 0.2) is 0 Å². The summed E-state index contributed by atoms with van der Waals surface area (Å²) in [5.74, 6) is 0. The first-order valence-corrected chi connectivity index (χ1v) is 7.93. The van der Waals surface area contributed by atoms with Crippen molar-refractivity contribution in [3.05, 3.63) is 0 Å². The van der Waals surface area contributed by atoms with E-state index in [1.54, 1.807) is 0 Å². The van der Waals surface area contributed by atoms with Crippen molar-refractivity contribution in [3.8, 4) is 0 Å². The Morgan fingerprint density at radius 2 is 1.20 bits per heavy atom. The van der Waals surface area contributed by atoms with Crippen LogP contribution in [0.1, 0.15) is 33.1 Å². The standard InChI is InChI=1S/C15H33NO4/c1-3-5-9-18-12-14-20-15-13-19-11-8-16-7-6-10-17-4-2/h16H,3-15H2,1-2H3. The summed E-state index contributed by atoms with van der Waals surface area (Å²) < 4.78 is 21.5. The van der Waals surface area contributed by atoms with Crippen LogP contribution in [0.5, 0.6) is 0 Å². The maximum atomic E-state index is 5.45. The Hall–Kier alpha value is -0.200. The molecule has 0 aromatic heterocycles. The maximum absolute atomic E-state index is 5.45. The van der Waals surface area contributed by atoms with E-state index < -0.39 is 0 Å². The SMILES string of the molecule is CCCCOCCOCCOCCNCCCOCC. The number of unbranched alkanes of at least 4 members (excludes halogenated alkanes) is 1. The Balaban J connectivity index is 2.89. The fourth-order valence-electron chi connectivity index (χ4n) is 1.50. The minimum Gasteiger partial charge on any atom is -0.382 e. The Labute approximate surface area is 124 Å². The molecule has 5 nitrogen and oxygen atoms in total. The molecule has 0 amide bonds. The molecule has 0 heterocycles. The molecule has 0 aliphatic heterocycles. The monoisotopic (exact) mass is 291 g/mol. The Morgan fingerprint density at radius 1 is 0.600 bits per heavy atom. The van der Waals surface area contributed by atoms with Gasteiger partial charge in [-0.25, -0.2) is 0 Å². The topological polar surface area (TPSA) is 49.0 Å². The highest BCUT2D eigenvalue weighted by Gasteiger charge is 1.92. The van der Waals surface area contributed by atoms with E-state index in [9.17, 15) is 0 Å². The Bertz CT molecular complexity index is 152. The van der Waals surface area contributed by atoms with Crippen LogP contribution < -0.4 is 5.32 Å². The molecule has 122 valence electrons. The molecule has 0 atom stereocenters. The van der Waals surface area contributed by atoms with Gasteiger partial charge < -0.3 is 24.3 Å². The van der Waals surface area contributed by atoms with E-state index >= 15 is 0 Å². The molecule has 0 radical (unpaired) electrons. The lowest BCUT2D eigenvalue weighted by Crippen LogP contribution is -2.22. The van der Waals surface area contributed by atoms with E-state index in [1.807, 2.05) is 6.92 Å². The van der Waals surface area contributed by atoms with Gasteiger partial charge in [-0.1, -0.05) is 13.3 Å². The predicted molar refractivity (Wildman–Crippen MR) is 81.3 cm³/mol. The fraction of sp³-hybridized carbons (Fsp3) is 1.00. The van der Waals surface area contributed by atoms with E-state index in [0.29, 0.717) is 26.4 Å². The molecule has 1 N–H and O–H groups in total. The summed E-state index contributed by atoms with van der Waals surface area (Å²) in [6.07, 6.45) is 3.35. The number of hydrogen-bond acceptors (Lipinski definition) is 5. The van der Waals surface area contributed by atoms with E-state index in [1.165, 1.54) is 6.42 Å². The van der Waals surface area contributed by atoms with Crippen LogP contribution >= 0.6 is 0 Å². The molecule has 0 aliphatic carbocycles. The summed E-state index contributed by atoms with van der Waals surface area (Å²) in [5, 5.41) is 3.31. The first kappa shape index (κ1) is 19.8. The number of ether oxygens (including phenoxy) is 4. The summed E-state index contributed by atoms with van der Waals surface area (Å²) in [6, 6.07) is 0. The fourth-order valence-corrected chi connectivity index (χ4v) is 1.50. The van der Waals surface area contributed by atoms with Crippen molar-refractivity contribution in [1.29, 1.82) is 0 Å².